The summed E-state index contributed by atoms with van der Waals surface area (Å²) >= 11 is 0. The lowest BCUT2D eigenvalue weighted by Crippen LogP contribution is -2.17. The van der Waals surface area contributed by atoms with E-state index in [1.54, 1.807) is 0 Å². The minimum Gasteiger partial charge on any atom is -0.368 e. The first-order valence-electron chi connectivity index (χ1n) is 6.56. The maximum atomic E-state index is 4.67. The van der Waals surface area contributed by atoms with Crippen molar-refractivity contribution in [2.24, 2.45) is 0 Å². The third-order valence-corrected chi connectivity index (χ3v) is 2.97. The topological polar surface area (TPSA) is 49.8 Å². The Labute approximate surface area is 103 Å². The van der Waals surface area contributed by atoms with Crippen LogP contribution >= 0.6 is 0 Å². The normalized spacial score (nSPS) is 15.5. The highest BCUT2D eigenvalue weighted by molar-refractivity contribution is 5.48. The maximum absolute atomic E-state index is 4.67. The number of fused-ring (bicyclic) bond motifs is 1. The number of hydrogen-bond acceptors (Lipinski definition) is 4. The molecule has 0 spiro atoms. The van der Waals surface area contributed by atoms with E-state index in [2.05, 4.69) is 41.4 Å². The second kappa shape index (κ2) is 5.45. The Morgan fingerprint density at radius 2 is 2.00 bits per heavy atom. The molecule has 1 aromatic rings. The molecule has 0 atom stereocenters. The molecule has 0 amide bonds. The molecule has 0 saturated heterocycles. The van der Waals surface area contributed by atoms with E-state index in [9.17, 15) is 0 Å². The summed E-state index contributed by atoms with van der Waals surface area (Å²) in [6.07, 6.45) is 2.93. The number of nitrogens with zero attached hydrogens (tertiary/aromatic N) is 2. The summed E-state index contributed by atoms with van der Waals surface area (Å²) in [5.74, 6) is 2.00. The summed E-state index contributed by atoms with van der Waals surface area (Å²) in [6.45, 7) is 8.45. The van der Waals surface area contributed by atoms with Gasteiger partial charge in [0.05, 0.1) is 5.69 Å². The molecular weight excluding hydrogens is 212 g/mol. The number of anilines is 1. The zero-order valence-corrected chi connectivity index (χ0v) is 11.0. The third kappa shape index (κ3) is 2.94. The van der Waals surface area contributed by atoms with E-state index in [0.29, 0.717) is 6.04 Å². The number of nitrogens with one attached hydrogen (secondary N) is 2. The Morgan fingerprint density at radius 3 is 2.71 bits per heavy atom. The molecule has 0 aliphatic carbocycles. The van der Waals surface area contributed by atoms with Crippen molar-refractivity contribution in [1.29, 1.82) is 0 Å². The lowest BCUT2D eigenvalue weighted by atomic mass is 10.1. The number of hydrogen-bond donors (Lipinski definition) is 2. The Balaban J connectivity index is 2.40. The fraction of sp³-hybridized carbons (Fsp3) is 0.692. The van der Waals surface area contributed by atoms with Crippen molar-refractivity contribution in [2.75, 3.05) is 18.4 Å². The van der Waals surface area contributed by atoms with Crippen LogP contribution < -0.4 is 10.6 Å². The standard InChI is InChI=1S/C13H22N4/c1-4-12-16-11-6-8-14-7-5-10(11)13(17-12)15-9(2)3/h9,14H,4-8H2,1-3H3,(H,15,16,17). The quantitative estimate of drug-likeness (QED) is 0.833. The molecule has 4 nitrogen and oxygen atoms in total. The van der Waals surface area contributed by atoms with Gasteiger partial charge in [-0.1, -0.05) is 6.92 Å². The van der Waals surface area contributed by atoms with Crippen molar-refractivity contribution < 1.29 is 0 Å². The fourth-order valence-corrected chi connectivity index (χ4v) is 2.15. The molecule has 0 radical (unpaired) electrons. The van der Waals surface area contributed by atoms with Crippen molar-refractivity contribution in [3.8, 4) is 0 Å². The molecule has 2 N–H and O–H groups in total. The van der Waals surface area contributed by atoms with Crippen molar-refractivity contribution in [2.45, 2.75) is 46.1 Å². The van der Waals surface area contributed by atoms with Crippen LogP contribution in [-0.4, -0.2) is 29.1 Å². The zero-order chi connectivity index (χ0) is 12.3. The molecule has 1 aromatic heterocycles. The van der Waals surface area contributed by atoms with Gasteiger partial charge in [-0.15, -0.1) is 0 Å². The van der Waals surface area contributed by atoms with E-state index in [1.165, 1.54) is 11.3 Å². The van der Waals surface area contributed by atoms with Crippen LogP contribution in [0.4, 0.5) is 5.82 Å². The average Bonchev–Trinajstić information content (AvgIpc) is 2.53. The molecule has 4 heteroatoms. The summed E-state index contributed by atoms with van der Waals surface area (Å²) in [7, 11) is 0. The first kappa shape index (κ1) is 12.3. The fourth-order valence-electron chi connectivity index (χ4n) is 2.15. The smallest absolute Gasteiger partial charge is 0.133 e. The summed E-state index contributed by atoms with van der Waals surface area (Å²) in [5, 5.41) is 6.87. The van der Waals surface area contributed by atoms with E-state index >= 15 is 0 Å². The highest BCUT2D eigenvalue weighted by Gasteiger charge is 2.16. The second-order valence-electron chi connectivity index (χ2n) is 4.82. The Hall–Kier alpha value is -1.16. The van der Waals surface area contributed by atoms with Gasteiger partial charge in [0.2, 0.25) is 0 Å². The first-order chi connectivity index (χ1) is 8.20. The monoisotopic (exact) mass is 234 g/mol. The molecule has 17 heavy (non-hydrogen) atoms. The van der Waals surface area contributed by atoms with Crippen LogP contribution in [0.3, 0.4) is 0 Å². The molecular formula is C13H22N4. The minimum absolute atomic E-state index is 0.412. The predicted octanol–water partition coefficient (Wildman–Crippen LogP) is 1.55. The summed E-state index contributed by atoms with van der Waals surface area (Å²) in [4.78, 5) is 9.30. The van der Waals surface area contributed by atoms with Crippen molar-refractivity contribution in [3.05, 3.63) is 17.1 Å². The van der Waals surface area contributed by atoms with Crippen LogP contribution in [0.5, 0.6) is 0 Å². The number of aromatic nitrogens is 2. The molecule has 1 aliphatic rings. The zero-order valence-electron chi connectivity index (χ0n) is 11.0. The molecule has 0 fully saturated rings. The van der Waals surface area contributed by atoms with Crippen LogP contribution in [0.25, 0.3) is 0 Å². The van der Waals surface area contributed by atoms with Gasteiger partial charge >= 0.3 is 0 Å². The molecule has 0 bridgehead atoms. The van der Waals surface area contributed by atoms with Crippen LogP contribution in [-0.2, 0) is 19.3 Å². The Morgan fingerprint density at radius 1 is 1.24 bits per heavy atom. The van der Waals surface area contributed by atoms with Gasteiger partial charge in [-0.05, 0) is 26.8 Å². The molecule has 0 aromatic carbocycles. The average molecular weight is 234 g/mol. The summed E-state index contributed by atoms with van der Waals surface area (Å²) in [6, 6.07) is 0.412. The summed E-state index contributed by atoms with van der Waals surface area (Å²) < 4.78 is 0. The third-order valence-electron chi connectivity index (χ3n) is 2.97. The number of aryl methyl sites for hydroxylation is 1. The molecule has 0 saturated carbocycles. The molecule has 94 valence electrons. The van der Waals surface area contributed by atoms with Gasteiger partial charge in [0.15, 0.2) is 0 Å². The molecule has 0 unspecified atom stereocenters. The lowest BCUT2D eigenvalue weighted by Gasteiger charge is -2.16. The highest BCUT2D eigenvalue weighted by Crippen LogP contribution is 2.20. The van der Waals surface area contributed by atoms with E-state index in [0.717, 1.165) is 44.0 Å². The molecule has 2 rings (SSSR count). The van der Waals surface area contributed by atoms with Gasteiger partial charge in [0, 0.05) is 31.0 Å². The highest BCUT2D eigenvalue weighted by atomic mass is 15.1. The van der Waals surface area contributed by atoms with Gasteiger partial charge in [-0.2, -0.15) is 0 Å². The summed E-state index contributed by atoms with van der Waals surface area (Å²) in [5.41, 5.74) is 2.53. The van der Waals surface area contributed by atoms with Crippen molar-refractivity contribution in [3.63, 3.8) is 0 Å². The predicted molar refractivity (Wildman–Crippen MR) is 70.4 cm³/mol. The molecule has 2 heterocycles. The van der Waals surface area contributed by atoms with Gasteiger partial charge in [0.25, 0.3) is 0 Å². The van der Waals surface area contributed by atoms with Crippen LogP contribution in [0, 0.1) is 0 Å². The van der Waals surface area contributed by atoms with E-state index in [1.807, 2.05) is 0 Å². The molecule has 1 aliphatic heterocycles. The largest absolute Gasteiger partial charge is 0.368 e. The van der Waals surface area contributed by atoms with Gasteiger partial charge < -0.3 is 10.6 Å². The SMILES string of the molecule is CCc1nc2c(c(NC(C)C)n1)CCNCC2. The number of rotatable bonds is 3. The first-order valence-corrected chi connectivity index (χ1v) is 6.56. The Bertz CT molecular complexity index is 387. The maximum Gasteiger partial charge on any atom is 0.133 e. The van der Waals surface area contributed by atoms with Gasteiger partial charge in [-0.25, -0.2) is 9.97 Å². The Kier molecular flexibility index (Phi) is 3.94. The van der Waals surface area contributed by atoms with Crippen molar-refractivity contribution >= 4 is 5.82 Å². The van der Waals surface area contributed by atoms with Gasteiger partial charge in [-0.3, -0.25) is 0 Å². The minimum atomic E-state index is 0.412. The van der Waals surface area contributed by atoms with Crippen LogP contribution in [0.15, 0.2) is 0 Å². The van der Waals surface area contributed by atoms with E-state index in [4.69, 9.17) is 0 Å². The van der Waals surface area contributed by atoms with E-state index < -0.39 is 0 Å². The second-order valence-corrected chi connectivity index (χ2v) is 4.82. The van der Waals surface area contributed by atoms with E-state index in [-0.39, 0.29) is 0 Å². The van der Waals surface area contributed by atoms with Crippen molar-refractivity contribution in [1.82, 2.24) is 15.3 Å². The lowest BCUT2D eigenvalue weighted by molar-refractivity contribution is 0.707. The van der Waals surface area contributed by atoms with Crippen LogP contribution in [0.1, 0.15) is 37.9 Å². The van der Waals surface area contributed by atoms with Gasteiger partial charge in [0.1, 0.15) is 11.6 Å². The van der Waals surface area contributed by atoms with Crippen LogP contribution in [0.2, 0.25) is 0 Å².